The van der Waals surface area contributed by atoms with Crippen LogP contribution in [0.3, 0.4) is 0 Å². The van der Waals surface area contributed by atoms with Crippen LogP contribution in [-0.2, 0) is 11.2 Å². The molecule has 0 radical (unpaired) electrons. The molecule has 2 nitrogen and oxygen atoms in total. The molecular weight excluding hydrogens is 206 g/mol. The second-order valence-electron chi connectivity index (χ2n) is 4.55. The first-order valence-electron chi connectivity index (χ1n) is 5.68. The monoisotopic (exact) mass is 223 g/mol. The van der Waals surface area contributed by atoms with Gasteiger partial charge in [0.1, 0.15) is 6.29 Å². The molecule has 0 amide bonds. The molecule has 0 saturated heterocycles. The third-order valence-electron chi connectivity index (χ3n) is 3.37. The maximum atomic E-state index is 11.3. The number of rotatable bonds is 3. The summed E-state index contributed by atoms with van der Waals surface area (Å²) in [7, 11) is 0. The molecule has 1 aromatic heterocycles. The van der Waals surface area contributed by atoms with E-state index in [1.54, 1.807) is 11.3 Å². The molecule has 0 atom stereocenters. The Labute approximate surface area is 94.7 Å². The lowest BCUT2D eigenvalue weighted by Crippen LogP contribution is -2.25. The fourth-order valence-electron chi connectivity index (χ4n) is 2.45. The zero-order valence-corrected chi connectivity index (χ0v) is 9.76. The van der Waals surface area contributed by atoms with E-state index in [1.807, 2.05) is 5.51 Å². The van der Waals surface area contributed by atoms with E-state index >= 15 is 0 Å². The summed E-state index contributed by atoms with van der Waals surface area (Å²) in [6, 6.07) is 0. The van der Waals surface area contributed by atoms with Crippen LogP contribution in [0.4, 0.5) is 0 Å². The summed E-state index contributed by atoms with van der Waals surface area (Å²) >= 11 is 1.62. The SMILES string of the molecule is O=CC1(Cc2cscn2)CCCCCC1. The van der Waals surface area contributed by atoms with Crippen LogP contribution in [0.15, 0.2) is 10.9 Å². The highest BCUT2D eigenvalue weighted by Gasteiger charge is 2.31. The van der Waals surface area contributed by atoms with Crippen LogP contribution in [0.1, 0.15) is 44.2 Å². The van der Waals surface area contributed by atoms with Crippen molar-refractivity contribution in [2.45, 2.75) is 44.9 Å². The summed E-state index contributed by atoms with van der Waals surface area (Å²) < 4.78 is 0. The summed E-state index contributed by atoms with van der Waals surface area (Å²) in [4.78, 5) is 15.6. The van der Waals surface area contributed by atoms with Crippen molar-refractivity contribution < 1.29 is 4.79 Å². The third-order valence-corrected chi connectivity index (χ3v) is 4.00. The topological polar surface area (TPSA) is 30.0 Å². The molecular formula is C12H17NOS. The summed E-state index contributed by atoms with van der Waals surface area (Å²) in [5.74, 6) is 0. The van der Waals surface area contributed by atoms with E-state index in [1.165, 1.54) is 32.0 Å². The molecule has 82 valence electrons. The molecule has 1 saturated carbocycles. The third kappa shape index (κ3) is 2.65. The molecule has 15 heavy (non-hydrogen) atoms. The van der Waals surface area contributed by atoms with Gasteiger partial charge in [-0.05, 0) is 12.8 Å². The largest absolute Gasteiger partial charge is 0.303 e. The highest BCUT2D eigenvalue weighted by molar-refractivity contribution is 7.07. The molecule has 0 spiro atoms. The zero-order chi connectivity index (χ0) is 10.6. The minimum atomic E-state index is -0.107. The second-order valence-corrected chi connectivity index (χ2v) is 5.27. The Morgan fingerprint density at radius 2 is 2.07 bits per heavy atom. The van der Waals surface area contributed by atoms with Crippen LogP contribution in [0.5, 0.6) is 0 Å². The predicted octanol–water partition coefficient (Wildman–Crippen LogP) is 3.23. The normalized spacial score (nSPS) is 20.8. The smallest absolute Gasteiger partial charge is 0.126 e. The van der Waals surface area contributed by atoms with Crippen molar-refractivity contribution in [2.24, 2.45) is 5.41 Å². The number of aldehydes is 1. The van der Waals surface area contributed by atoms with Crippen molar-refractivity contribution in [1.29, 1.82) is 0 Å². The summed E-state index contributed by atoms with van der Waals surface area (Å²) in [5, 5.41) is 2.07. The van der Waals surface area contributed by atoms with E-state index < -0.39 is 0 Å². The minimum absolute atomic E-state index is 0.107. The molecule has 1 aromatic rings. The van der Waals surface area contributed by atoms with Gasteiger partial charge in [0.05, 0.1) is 11.2 Å². The van der Waals surface area contributed by atoms with Gasteiger partial charge in [-0.1, -0.05) is 25.7 Å². The van der Waals surface area contributed by atoms with Crippen molar-refractivity contribution >= 4 is 17.6 Å². The van der Waals surface area contributed by atoms with E-state index in [0.717, 1.165) is 25.0 Å². The Morgan fingerprint density at radius 1 is 1.33 bits per heavy atom. The fraction of sp³-hybridized carbons (Fsp3) is 0.667. The van der Waals surface area contributed by atoms with Crippen molar-refractivity contribution in [3.05, 3.63) is 16.6 Å². The van der Waals surface area contributed by atoms with Gasteiger partial charge < -0.3 is 4.79 Å². The van der Waals surface area contributed by atoms with Gasteiger partial charge in [-0.15, -0.1) is 11.3 Å². The molecule has 1 aliphatic rings. The van der Waals surface area contributed by atoms with Crippen molar-refractivity contribution in [1.82, 2.24) is 4.98 Å². The first-order chi connectivity index (χ1) is 7.35. The molecule has 0 aliphatic heterocycles. The van der Waals surface area contributed by atoms with Gasteiger partial charge >= 0.3 is 0 Å². The molecule has 1 fully saturated rings. The Kier molecular flexibility index (Phi) is 3.52. The summed E-state index contributed by atoms with van der Waals surface area (Å²) in [6.07, 6.45) is 9.10. The van der Waals surface area contributed by atoms with Gasteiger partial charge in [0.15, 0.2) is 0 Å². The fourth-order valence-corrected chi connectivity index (χ4v) is 3.01. The number of thiazole rings is 1. The number of aromatic nitrogens is 1. The Morgan fingerprint density at radius 3 is 2.60 bits per heavy atom. The summed E-state index contributed by atoms with van der Waals surface area (Å²) in [6.45, 7) is 0. The van der Waals surface area contributed by atoms with Gasteiger partial charge in [0, 0.05) is 17.2 Å². The van der Waals surface area contributed by atoms with Gasteiger partial charge in [0.25, 0.3) is 0 Å². The van der Waals surface area contributed by atoms with E-state index in [2.05, 4.69) is 10.4 Å². The van der Waals surface area contributed by atoms with Crippen molar-refractivity contribution in [2.75, 3.05) is 0 Å². The summed E-state index contributed by atoms with van der Waals surface area (Å²) in [5.41, 5.74) is 2.84. The number of hydrogen-bond acceptors (Lipinski definition) is 3. The number of carbonyl (C=O) groups is 1. The Bertz CT molecular complexity index is 299. The van der Waals surface area contributed by atoms with Gasteiger partial charge in [0.2, 0.25) is 0 Å². The standard InChI is InChI=1S/C12H17NOS/c14-9-12(5-3-1-2-4-6-12)7-11-8-15-10-13-11/h8-10H,1-7H2. The molecule has 0 unspecified atom stereocenters. The van der Waals surface area contributed by atoms with Gasteiger partial charge in [-0.3, -0.25) is 0 Å². The van der Waals surface area contributed by atoms with E-state index in [9.17, 15) is 4.79 Å². The lowest BCUT2D eigenvalue weighted by molar-refractivity contribution is -0.116. The molecule has 1 heterocycles. The van der Waals surface area contributed by atoms with Crippen molar-refractivity contribution in [3.8, 4) is 0 Å². The lowest BCUT2D eigenvalue weighted by Gasteiger charge is -2.25. The molecule has 1 aliphatic carbocycles. The zero-order valence-electron chi connectivity index (χ0n) is 8.95. The van der Waals surface area contributed by atoms with E-state index in [4.69, 9.17) is 0 Å². The minimum Gasteiger partial charge on any atom is -0.303 e. The first-order valence-corrected chi connectivity index (χ1v) is 6.62. The average molecular weight is 223 g/mol. The Hall–Kier alpha value is -0.700. The molecule has 0 bridgehead atoms. The quantitative estimate of drug-likeness (QED) is 0.581. The van der Waals surface area contributed by atoms with Crippen LogP contribution < -0.4 is 0 Å². The van der Waals surface area contributed by atoms with Gasteiger partial charge in [-0.2, -0.15) is 0 Å². The molecule has 2 rings (SSSR count). The molecule has 0 N–H and O–H groups in total. The molecule has 3 heteroatoms. The van der Waals surface area contributed by atoms with E-state index in [0.29, 0.717) is 0 Å². The first kappa shape index (κ1) is 10.8. The number of nitrogens with zero attached hydrogens (tertiary/aromatic N) is 1. The molecule has 0 aromatic carbocycles. The highest BCUT2D eigenvalue weighted by Crippen LogP contribution is 2.36. The van der Waals surface area contributed by atoms with Crippen LogP contribution in [0.25, 0.3) is 0 Å². The lowest BCUT2D eigenvalue weighted by atomic mass is 9.78. The van der Waals surface area contributed by atoms with Crippen molar-refractivity contribution in [3.63, 3.8) is 0 Å². The maximum absolute atomic E-state index is 11.3. The second kappa shape index (κ2) is 4.88. The highest BCUT2D eigenvalue weighted by atomic mass is 32.1. The Balaban J connectivity index is 2.09. The van der Waals surface area contributed by atoms with Crippen LogP contribution in [-0.4, -0.2) is 11.3 Å². The average Bonchev–Trinajstić information content (AvgIpc) is 2.64. The number of hydrogen-bond donors (Lipinski definition) is 0. The predicted molar refractivity (Wildman–Crippen MR) is 62.0 cm³/mol. The van der Waals surface area contributed by atoms with Crippen LogP contribution in [0, 0.1) is 5.41 Å². The maximum Gasteiger partial charge on any atom is 0.126 e. The van der Waals surface area contributed by atoms with E-state index in [-0.39, 0.29) is 5.41 Å². The number of carbonyl (C=O) groups excluding carboxylic acids is 1. The van der Waals surface area contributed by atoms with Crippen LogP contribution >= 0.6 is 11.3 Å². The van der Waals surface area contributed by atoms with Gasteiger partial charge in [-0.25, -0.2) is 4.98 Å². The van der Waals surface area contributed by atoms with Crippen LogP contribution in [0.2, 0.25) is 0 Å².